The maximum absolute atomic E-state index is 14.7. The molecule has 0 saturated carbocycles. The third kappa shape index (κ3) is 6.33. The molecule has 226 valence electrons. The summed E-state index contributed by atoms with van der Waals surface area (Å²) in [5.74, 6) is -0.204. The molecular weight excluding hydrogens is 566 g/mol. The number of benzene rings is 1. The molecule has 2 fully saturated rings. The molecule has 12 nitrogen and oxygen atoms in total. The van der Waals surface area contributed by atoms with Crippen molar-refractivity contribution in [3.8, 4) is 17.0 Å². The van der Waals surface area contributed by atoms with Crippen LogP contribution in [0.4, 0.5) is 28.2 Å². The highest BCUT2D eigenvalue weighted by Crippen LogP contribution is 2.32. The molecule has 0 spiro atoms. The number of ether oxygens (including phenoxy) is 3. The number of nitrogens with one attached hydrogen (secondary N) is 1. The molecule has 1 aromatic carbocycles. The number of carbonyl (C=O) groups is 2. The first-order valence-corrected chi connectivity index (χ1v) is 13.1. The van der Waals surface area contributed by atoms with E-state index in [1.54, 1.807) is 22.7 Å². The van der Waals surface area contributed by atoms with E-state index in [4.69, 9.17) is 15.2 Å². The van der Waals surface area contributed by atoms with E-state index < -0.39 is 43.5 Å². The highest BCUT2D eigenvalue weighted by atomic mass is 19.4. The van der Waals surface area contributed by atoms with Crippen LogP contribution >= 0.6 is 0 Å². The summed E-state index contributed by atoms with van der Waals surface area (Å²) in [6.45, 7) is 0.638. The van der Waals surface area contributed by atoms with E-state index in [0.29, 0.717) is 42.4 Å². The van der Waals surface area contributed by atoms with E-state index in [2.05, 4.69) is 25.0 Å². The molecule has 2 aliphatic rings. The molecule has 2 aliphatic heterocycles. The van der Waals surface area contributed by atoms with Gasteiger partial charge in [-0.3, -0.25) is 9.69 Å². The molecular formula is C26H29F4N7O5. The smallest absolute Gasteiger partial charge is 0.422 e. The lowest BCUT2D eigenvalue weighted by Gasteiger charge is -2.26. The van der Waals surface area contributed by atoms with Gasteiger partial charge >= 0.3 is 12.3 Å². The normalized spacial score (nSPS) is 19.7. The first-order valence-electron chi connectivity index (χ1n) is 13.1. The zero-order chi connectivity index (χ0) is 30.0. The van der Waals surface area contributed by atoms with Crippen LogP contribution < -0.4 is 15.8 Å². The Balaban J connectivity index is 1.38. The van der Waals surface area contributed by atoms with Crippen LogP contribution in [0.1, 0.15) is 15.9 Å². The number of halogens is 4. The van der Waals surface area contributed by atoms with Gasteiger partial charge in [-0.2, -0.15) is 18.3 Å². The Morgan fingerprint density at radius 1 is 1.19 bits per heavy atom. The van der Waals surface area contributed by atoms with Crippen molar-refractivity contribution < 1.29 is 41.4 Å². The number of rotatable bonds is 7. The first-order chi connectivity index (χ1) is 20.0. The Morgan fingerprint density at radius 3 is 2.67 bits per heavy atom. The number of methoxy groups -OCH3 is 1. The number of morpholine rings is 1. The molecule has 5 rings (SSSR count). The molecule has 3 N–H and O–H groups in total. The Hall–Kier alpha value is -4.18. The number of hydrogen-bond acceptors (Lipinski definition) is 9. The fraction of sp³-hybridized carbons (Fsp3) is 0.462. The van der Waals surface area contributed by atoms with Crippen LogP contribution in [-0.4, -0.2) is 108 Å². The number of nitrogens with two attached hydrogens (primary N) is 1. The molecule has 0 unspecified atom stereocenters. The highest BCUT2D eigenvalue weighted by molar-refractivity contribution is 5.98. The molecule has 2 amide bonds. The largest absolute Gasteiger partial charge is 0.496 e. The van der Waals surface area contributed by atoms with Gasteiger partial charge in [-0.15, -0.1) is 0 Å². The number of hydrogen-bond donors (Lipinski definition) is 2. The minimum absolute atomic E-state index is 0.0759. The van der Waals surface area contributed by atoms with E-state index in [1.165, 1.54) is 13.4 Å². The second-order valence-corrected chi connectivity index (χ2v) is 9.93. The number of nitrogen functional groups attached to an aromatic ring is 1. The van der Waals surface area contributed by atoms with Crippen molar-refractivity contribution in [1.29, 1.82) is 0 Å². The summed E-state index contributed by atoms with van der Waals surface area (Å²) in [6, 6.07) is 5.62. The molecule has 0 radical (unpaired) electrons. The lowest BCUT2D eigenvalue weighted by molar-refractivity contribution is -0.162. The number of alkyl halides is 4. The monoisotopic (exact) mass is 595 g/mol. The average Bonchev–Trinajstić information content (AvgIpc) is 3.52. The topological polar surface area (TPSA) is 137 Å². The minimum Gasteiger partial charge on any atom is -0.496 e. The minimum atomic E-state index is -4.72. The summed E-state index contributed by atoms with van der Waals surface area (Å²) in [5.41, 5.74) is 9.03. The highest BCUT2D eigenvalue weighted by Gasteiger charge is 2.39. The molecule has 2 aromatic heterocycles. The zero-order valence-electron chi connectivity index (χ0n) is 22.6. The van der Waals surface area contributed by atoms with E-state index in [9.17, 15) is 27.2 Å². The first kappa shape index (κ1) is 29.3. The fourth-order valence-electron chi connectivity index (χ4n) is 5.05. The maximum Gasteiger partial charge on any atom is 0.422 e. The molecule has 2 saturated heterocycles. The second-order valence-electron chi connectivity index (χ2n) is 9.93. The summed E-state index contributed by atoms with van der Waals surface area (Å²) >= 11 is 0. The summed E-state index contributed by atoms with van der Waals surface area (Å²) in [4.78, 5) is 32.4. The van der Waals surface area contributed by atoms with Gasteiger partial charge in [-0.25, -0.2) is 18.7 Å². The summed E-state index contributed by atoms with van der Waals surface area (Å²) in [6.07, 6.45) is -6.43. The Bertz CT molecular complexity index is 1460. The molecule has 42 heavy (non-hydrogen) atoms. The van der Waals surface area contributed by atoms with Crippen molar-refractivity contribution in [2.45, 2.75) is 24.9 Å². The van der Waals surface area contributed by atoms with Crippen molar-refractivity contribution in [1.82, 2.24) is 29.7 Å². The van der Waals surface area contributed by atoms with E-state index in [0.717, 1.165) is 23.6 Å². The van der Waals surface area contributed by atoms with Crippen molar-refractivity contribution in [3.63, 3.8) is 0 Å². The van der Waals surface area contributed by atoms with Gasteiger partial charge in [0.1, 0.15) is 23.8 Å². The molecule has 4 heterocycles. The standard InChI is InChI=1S/C26H29F4N7O5/c1-40-21-3-2-15(20-9-16(10-35-4-6-41-7-5-35)22-23(31)32-14-33-37(20)22)8-17(21)24(38)34-19-12-36(11-18(19)27)25(39)42-13-26(28,29)30/h2-3,8-9,14,18-19H,4-7,10-13H2,1H3,(H,34,38)(H2,31,32,33)/t18-,19+/m0/s1. The van der Waals surface area contributed by atoms with Crippen LogP contribution in [0.3, 0.4) is 0 Å². The van der Waals surface area contributed by atoms with Crippen molar-refractivity contribution in [2.75, 3.05) is 58.8 Å². The second kappa shape index (κ2) is 12.0. The van der Waals surface area contributed by atoms with Gasteiger partial charge < -0.3 is 30.2 Å². The lowest BCUT2D eigenvalue weighted by atomic mass is 10.1. The van der Waals surface area contributed by atoms with Crippen molar-refractivity contribution in [3.05, 3.63) is 41.7 Å². The SMILES string of the molecule is COc1ccc(-c2cc(CN3CCOCC3)c3c(N)ncnn23)cc1C(=O)N[C@@H]1CN(C(=O)OCC(F)(F)F)C[C@@H]1F. The third-order valence-electron chi connectivity index (χ3n) is 7.08. The quantitative estimate of drug-likeness (QED) is 0.394. The van der Waals surface area contributed by atoms with Crippen LogP contribution in [-0.2, 0) is 16.0 Å². The Morgan fingerprint density at radius 2 is 1.95 bits per heavy atom. The Kier molecular flexibility index (Phi) is 8.36. The van der Waals surface area contributed by atoms with E-state index >= 15 is 0 Å². The number of likely N-dealkylation sites (tertiary alicyclic amines) is 1. The van der Waals surface area contributed by atoms with Crippen LogP contribution in [0.2, 0.25) is 0 Å². The van der Waals surface area contributed by atoms with Gasteiger partial charge in [-0.1, -0.05) is 0 Å². The zero-order valence-corrected chi connectivity index (χ0v) is 22.6. The van der Waals surface area contributed by atoms with Crippen LogP contribution in [0.5, 0.6) is 5.75 Å². The van der Waals surface area contributed by atoms with Gasteiger partial charge in [0.15, 0.2) is 12.4 Å². The Labute approximate surface area is 237 Å². The van der Waals surface area contributed by atoms with Crippen molar-refractivity contribution >= 4 is 23.3 Å². The van der Waals surface area contributed by atoms with Gasteiger partial charge in [0.2, 0.25) is 0 Å². The van der Waals surface area contributed by atoms with Crippen LogP contribution in [0, 0.1) is 0 Å². The number of amides is 2. The van der Waals surface area contributed by atoms with Crippen LogP contribution in [0.15, 0.2) is 30.6 Å². The maximum atomic E-state index is 14.7. The number of aromatic nitrogens is 3. The molecule has 2 atom stereocenters. The lowest BCUT2D eigenvalue weighted by Crippen LogP contribution is -2.42. The predicted molar refractivity (Wildman–Crippen MR) is 141 cm³/mol. The number of anilines is 1. The van der Waals surface area contributed by atoms with Gasteiger partial charge in [0.25, 0.3) is 5.91 Å². The molecule has 0 bridgehead atoms. The van der Waals surface area contributed by atoms with E-state index in [1.807, 2.05) is 6.07 Å². The van der Waals surface area contributed by atoms with Gasteiger partial charge in [0.05, 0.1) is 44.2 Å². The van der Waals surface area contributed by atoms with Crippen LogP contribution in [0.25, 0.3) is 16.8 Å². The van der Waals surface area contributed by atoms with Gasteiger partial charge in [-0.05, 0) is 29.8 Å². The summed E-state index contributed by atoms with van der Waals surface area (Å²) < 4.78 is 68.6. The molecule has 3 aromatic rings. The van der Waals surface area contributed by atoms with Gasteiger partial charge in [0, 0.05) is 31.7 Å². The number of carbonyl (C=O) groups excluding carboxylic acids is 2. The average molecular weight is 596 g/mol. The molecule has 16 heteroatoms. The van der Waals surface area contributed by atoms with E-state index in [-0.39, 0.29) is 17.9 Å². The number of nitrogens with zero attached hydrogens (tertiary/aromatic N) is 5. The molecule has 0 aliphatic carbocycles. The predicted octanol–water partition coefficient (Wildman–Crippen LogP) is 2.27. The fourth-order valence-corrected chi connectivity index (χ4v) is 5.05. The van der Waals surface area contributed by atoms with Crippen molar-refractivity contribution in [2.24, 2.45) is 0 Å². The number of fused-ring (bicyclic) bond motifs is 1. The third-order valence-corrected chi connectivity index (χ3v) is 7.08. The summed E-state index contributed by atoms with van der Waals surface area (Å²) in [5, 5.41) is 6.90. The summed E-state index contributed by atoms with van der Waals surface area (Å²) in [7, 11) is 1.37.